The van der Waals surface area contributed by atoms with Crippen LogP contribution < -0.4 is 10.1 Å². The molecule has 0 aliphatic heterocycles. The number of aromatic nitrogens is 2. The molecule has 148 valence electrons. The molecule has 0 atom stereocenters. The normalized spacial score (nSPS) is 10.4. The van der Waals surface area contributed by atoms with Crippen LogP contribution in [0.4, 0.5) is 15.9 Å². The van der Waals surface area contributed by atoms with E-state index in [0.29, 0.717) is 30.2 Å². The maximum Gasteiger partial charge on any atom is 0.148 e. The first-order chi connectivity index (χ1) is 13.9. The minimum atomic E-state index is -0.416. The number of aryl methyl sites for hydroxylation is 3. The third kappa shape index (κ3) is 5.41. The standard InChI is InChI=1S/C21H21FN6O/c1-13-3-7-19(14(2)26-13)29-16-9-10-25-21(12-16)27-18-11-15(4-6-17(18)22)5-8-20(23)28-24/h3-4,6-7,9-12,23-24H,5,8H2,1-2H3,(H,25,27). The lowest BCUT2D eigenvalue weighted by Gasteiger charge is -2.12. The van der Waals surface area contributed by atoms with Crippen molar-refractivity contribution in [1.82, 2.24) is 9.97 Å². The maximum atomic E-state index is 14.2. The van der Waals surface area contributed by atoms with E-state index in [2.05, 4.69) is 20.4 Å². The molecule has 3 rings (SSSR count). The van der Waals surface area contributed by atoms with Gasteiger partial charge in [-0.25, -0.2) is 14.9 Å². The Morgan fingerprint density at radius 2 is 2.00 bits per heavy atom. The number of anilines is 2. The Morgan fingerprint density at radius 3 is 2.76 bits per heavy atom. The molecule has 0 aliphatic rings. The summed E-state index contributed by atoms with van der Waals surface area (Å²) in [6, 6.07) is 11.8. The molecule has 0 amide bonds. The van der Waals surface area contributed by atoms with Gasteiger partial charge in [-0.3, -0.25) is 10.4 Å². The van der Waals surface area contributed by atoms with E-state index >= 15 is 0 Å². The number of amidine groups is 1. The minimum absolute atomic E-state index is 0.0174. The van der Waals surface area contributed by atoms with Crippen LogP contribution in [-0.4, -0.2) is 15.8 Å². The molecule has 0 bridgehead atoms. The molecule has 3 aromatic rings. The SMILES string of the molecule is Cc1ccc(Oc2ccnc(Nc3cc(CCC(=N)N=N)ccc3F)c2)c(C)n1. The third-order valence-electron chi connectivity index (χ3n) is 4.21. The molecule has 0 saturated carbocycles. The number of halogens is 1. The fourth-order valence-corrected chi connectivity index (χ4v) is 2.73. The highest BCUT2D eigenvalue weighted by Gasteiger charge is 2.08. The second-order valence-electron chi connectivity index (χ2n) is 6.51. The predicted octanol–water partition coefficient (Wildman–Crippen LogP) is 5.71. The van der Waals surface area contributed by atoms with Crippen LogP contribution in [0.25, 0.3) is 0 Å². The number of hydrogen-bond donors (Lipinski definition) is 3. The molecular weight excluding hydrogens is 371 g/mol. The zero-order valence-corrected chi connectivity index (χ0v) is 16.2. The molecule has 0 aliphatic carbocycles. The molecule has 0 fully saturated rings. The molecule has 2 heterocycles. The van der Waals surface area contributed by atoms with E-state index in [1.54, 1.807) is 30.5 Å². The Hall–Kier alpha value is -3.68. The van der Waals surface area contributed by atoms with E-state index in [1.807, 2.05) is 26.0 Å². The Bertz CT molecular complexity index is 1050. The van der Waals surface area contributed by atoms with Gasteiger partial charge in [-0.1, -0.05) is 6.07 Å². The van der Waals surface area contributed by atoms with Gasteiger partial charge in [0.1, 0.15) is 29.0 Å². The van der Waals surface area contributed by atoms with Gasteiger partial charge in [0, 0.05) is 24.4 Å². The Labute approximate surface area is 168 Å². The van der Waals surface area contributed by atoms with Crippen LogP contribution in [0.15, 0.2) is 53.8 Å². The monoisotopic (exact) mass is 392 g/mol. The smallest absolute Gasteiger partial charge is 0.148 e. The summed E-state index contributed by atoms with van der Waals surface area (Å²) in [5.41, 5.74) is 9.62. The summed E-state index contributed by atoms with van der Waals surface area (Å²) >= 11 is 0. The van der Waals surface area contributed by atoms with Crippen molar-refractivity contribution >= 4 is 17.3 Å². The molecular formula is C21H21FN6O. The van der Waals surface area contributed by atoms with Gasteiger partial charge in [0.2, 0.25) is 0 Å². The van der Waals surface area contributed by atoms with Crippen LogP contribution >= 0.6 is 0 Å². The molecule has 29 heavy (non-hydrogen) atoms. The predicted molar refractivity (Wildman–Crippen MR) is 109 cm³/mol. The van der Waals surface area contributed by atoms with Crippen LogP contribution in [0, 0.1) is 30.6 Å². The highest BCUT2D eigenvalue weighted by molar-refractivity contribution is 5.79. The Balaban J connectivity index is 1.76. The fourth-order valence-electron chi connectivity index (χ4n) is 2.73. The van der Waals surface area contributed by atoms with Crippen LogP contribution in [0.5, 0.6) is 11.5 Å². The van der Waals surface area contributed by atoms with E-state index < -0.39 is 5.82 Å². The van der Waals surface area contributed by atoms with Crippen molar-refractivity contribution in [3.05, 3.63) is 71.4 Å². The summed E-state index contributed by atoms with van der Waals surface area (Å²) < 4.78 is 20.1. The van der Waals surface area contributed by atoms with Crippen LogP contribution in [0.2, 0.25) is 0 Å². The van der Waals surface area contributed by atoms with Gasteiger partial charge in [0.25, 0.3) is 0 Å². The number of hydrogen-bond acceptors (Lipinski definition) is 6. The van der Waals surface area contributed by atoms with Gasteiger partial charge in [-0.2, -0.15) is 0 Å². The van der Waals surface area contributed by atoms with E-state index in [4.69, 9.17) is 15.7 Å². The van der Waals surface area contributed by atoms with Crippen molar-refractivity contribution < 1.29 is 9.13 Å². The largest absolute Gasteiger partial charge is 0.455 e. The zero-order chi connectivity index (χ0) is 20.8. The van der Waals surface area contributed by atoms with Crippen LogP contribution in [0.1, 0.15) is 23.4 Å². The Morgan fingerprint density at radius 1 is 1.17 bits per heavy atom. The van der Waals surface area contributed by atoms with Gasteiger partial charge in [0.15, 0.2) is 0 Å². The summed E-state index contributed by atoms with van der Waals surface area (Å²) in [5, 5.41) is 13.5. The number of nitrogens with zero attached hydrogens (tertiary/aromatic N) is 3. The second-order valence-corrected chi connectivity index (χ2v) is 6.51. The summed E-state index contributed by atoms with van der Waals surface area (Å²) in [5.74, 6) is 1.20. The molecule has 7 nitrogen and oxygen atoms in total. The Kier molecular flexibility index (Phi) is 6.23. The van der Waals surface area contributed by atoms with Crippen molar-refractivity contribution in [3.63, 3.8) is 0 Å². The molecule has 0 spiro atoms. The number of pyridine rings is 2. The summed E-state index contributed by atoms with van der Waals surface area (Å²) in [6.07, 6.45) is 2.39. The number of ether oxygens (including phenoxy) is 1. The van der Waals surface area contributed by atoms with Crippen molar-refractivity contribution in [2.24, 2.45) is 5.11 Å². The summed E-state index contributed by atoms with van der Waals surface area (Å²) in [4.78, 5) is 8.60. The average molecular weight is 392 g/mol. The number of nitrogens with one attached hydrogen (secondary N) is 3. The van der Waals surface area contributed by atoms with Gasteiger partial charge < -0.3 is 10.1 Å². The van der Waals surface area contributed by atoms with E-state index in [0.717, 1.165) is 17.0 Å². The van der Waals surface area contributed by atoms with Crippen LogP contribution in [0.3, 0.4) is 0 Å². The fraction of sp³-hybridized carbons (Fsp3) is 0.190. The lowest BCUT2D eigenvalue weighted by atomic mass is 10.1. The first kappa shape index (κ1) is 20.1. The second kappa shape index (κ2) is 9.01. The molecule has 0 unspecified atom stereocenters. The molecule has 2 aromatic heterocycles. The quantitative estimate of drug-likeness (QED) is 0.272. The first-order valence-corrected chi connectivity index (χ1v) is 9.03. The maximum absolute atomic E-state index is 14.2. The van der Waals surface area contributed by atoms with E-state index in [9.17, 15) is 4.39 Å². The average Bonchev–Trinajstić information content (AvgIpc) is 2.70. The minimum Gasteiger partial charge on any atom is -0.455 e. The van der Waals surface area contributed by atoms with Gasteiger partial charge in [-0.05, 0) is 56.2 Å². The number of benzene rings is 1. The molecule has 8 heteroatoms. The van der Waals surface area contributed by atoms with Gasteiger partial charge in [-0.15, -0.1) is 5.11 Å². The van der Waals surface area contributed by atoms with E-state index in [1.165, 1.54) is 6.07 Å². The van der Waals surface area contributed by atoms with Crippen molar-refractivity contribution in [1.29, 1.82) is 10.9 Å². The van der Waals surface area contributed by atoms with Gasteiger partial charge in [0.05, 0.1) is 11.4 Å². The topological polar surface area (TPSA) is 107 Å². The zero-order valence-electron chi connectivity index (χ0n) is 16.2. The van der Waals surface area contributed by atoms with Crippen molar-refractivity contribution in [2.45, 2.75) is 26.7 Å². The van der Waals surface area contributed by atoms with Gasteiger partial charge >= 0.3 is 0 Å². The molecule has 3 N–H and O–H groups in total. The lowest BCUT2D eigenvalue weighted by molar-refractivity contribution is 0.475. The lowest BCUT2D eigenvalue weighted by Crippen LogP contribution is -2.00. The third-order valence-corrected chi connectivity index (χ3v) is 4.21. The molecule has 1 aromatic carbocycles. The molecule has 0 radical (unpaired) electrons. The first-order valence-electron chi connectivity index (χ1n) is 9.03. The summed E-state index contributed by atoms with van der Waals surface area (Å²) in [6.45, 7) is 3.79. The van der Waals surface area contributed by atoms with Crippen molar-refractivity contribution in [2.75, 3.05) is 5.32 Å². The summed E-state index contributed by atoms with van der Waals surface area (Å²) in [7, 11) is 0. The highest BCUT2D eigenvalue weighted by atomic mass is 19.1. The van der Waals surface area contributed by atoms with Crippen molar-refractivity contribution in [3.8, 4) is 11.5 Å². The molecule has 0 saturated heterocycles. The highest BCUT2D eigenvalue weighted by Crippen LogP contribution is 2.27. The van der Waals surface area contributed by atoms with Crippen LogP contribution in [-0.2, 0) is 6.42 Å². The van der Waals surface area contributed by atoms with E-state index in [-0.39, 0.29) is 11.5 Å². The number of rotatable bonds is 7.